The largest absolute Gasteiger partial charge is 0.490 e. The van der Waals surface area contributed by atoms with E-state index in [2.05, 4.69) is 21.5 Å². The number of rotatable bonds is 9. The fourth-order valence-corrected chi connectivity index (χ4v) is 3.69. The highest BCUT2D eigenvalue weighted by atomic mass is 35.5. The summed E-state index contributed by atoms with van der Waals surface area (Å²) >= 11 is 0. The average molecular weight is 493 g/mol. The molecule has 0 radical (unpaired) electrons. The van der Waals surface area contributed by atoms with Gasteiger partial charge in [0.05, 0.1) is 18.1 Å². The Bertz CT molecular complexity index is 1380. The molecule has 0 unspecified atom stereocenters. The Labute approximate surface area is 208 Å². The monoisotopic (exact) mass is 492 g/mol. The second kappa shape index (κ2) is 11.5. The van der Waals surface area contributed by atoms with Gasteiger partial charge >= 0.3 is 5.97 Å². The molecule has 35 heavy (non-hydrogen) atoms. The van der Waals surface area contributed by atoms with Crippen molar-refractivity contribution in [1.82, 2.24) is 15.5 Å². The minimum Gasteiger partial charge on any atom is -0.490 e. The molecule has 0 amide bonds. The maximum absolute atomic E-state index is 10.7. The van der Waals surface area contributed by atoms with Crippen LogP contribution in [0.3, 0.4) is 0 Å². The van der Waals surface area contributed by atoms with Gasteiger partial charge in [-0.2, -0.15) is 10.2 Å². The highest BCUT2D eigenvalue weighted by Gasteiger charge is 2.16. The first kappa shape index (κ1) is 25.7. The Morgan fingerprint density at radius 1 is 1.17 bits per heavy atom. The van der Waals surface area contributed by atoms with Crippen molar-refractivity contribution in [3.8, 4) is 34.7 Å². The van der Waals surface area contributed by atoms with E-state index in [4.69, 9.17) is 14.4 Å². The van der Waals surface area contributed by atoms with Crippen LogP contribution < -0.4 is 10.1 Å². The number of nitrogens with one attached hydrogen (secondary N) is 1. The lowest BCUT2D eigenvalue weighted by molar-refractivity contribution is -0.136. The van der Waals surface area contributed by atoms with Crippen LogP contribution in [-0.2, 0) is 11.3 Å². The van der Waals surface area contributed by atoms with E-state index in [0.29, 0.717) is 41.7 Å². The summed E-state index contributed by atoms with van der Waals surface area (Å²) in [5, 5.41) is 27.7. The Morgan fingerprint density at radius 2 is 1.94 bits per heavy atom. The van der Waals surface area contributed by atoms with E-state index in [1.807, 2.05) is 50.2 Å². The predicted octanol–water partition coefficient (Wildman–Crippen LogP) is 5.20. The fourth-order valence-electron chi connectivity index (χ4n) is 3.69. The van der Waals surface area contributed by atoms with Gasteiger partial charge in [-0.3, -0.25) is 4.79 Å². The molecule has 0 aliphatic rings. The number of hydrogen-bond donors (Lipinski definition) is 2. The SMILES string of the molecule is CC(C)Oc1ccc(-c2nc(-c3ccc(CNCCC(=O)O)c4ccccc34)no2)cc1C#N.Cl. The molecule has 1 heterocycles. The molecule has 0 fully saturated rings. The van der Waals surface area contributed by atoms with Crippen molar-refractivity contribution in [1.29, 1.82) is 5.26 Å². The van der Waals surface area contributed by atoms with Crippen molar-refractivity contribution in [3.63, 3.8) is 0 Å². The second-order valence-corrected chi connectivity index (χ2v) is 8.05. The third kappa shape index (κ3) is 5.96. The topological polar surface area (TPSA) is 121 Å². The van der Waals surface area contributed by atoms with Gasteiger partial charge < -0.3 is 19.7 Å². The van der Waals surface area contributed by atoms with Crippen LogP contribution in [-0.4, -0.2) is 33.9 Å². The quantitative estimate of drug-likeness (QED) is 0.306. The molecular weight excluding hydrogens is 468 g/mol. The number of halogens is 1. The summed E-state index contributed by atoms with van der Waals surface area (Å²) in [7, 11) is 0. The summed E-state index contributed by atoms with van der Waals surface area (Å²) in [6.07, 6.45) is 0.0244. The number of carboxylic acids is 1. The van der Waals surface area contributed by atoms with Gasteiger partial charge in [0.25, 0.3) is 5.89 Å². The van der Waals surface area contributed by atoms with Gasteiger partial charge in [0.1, 0.15) is 11.8 Å². The Balaban J connectivity index is 0.00000342. The standard InChI is InChI=1S/C26H24N4O4.ClH/c1-16(2)33-23-10-8-17(13-19(23)14-27)26-29-25(30-34-26)22-9-7-18(15-28-12-11-24(31)32)20-5-3-4-6-21(20)22;/h3-10,13,16,28H,11-12,15H2,1-2H3,(H,31,32);1H. The molecular formula is C26H25ClN4O4. The van der Waals surface area contributed by atoms with Gasteiger partial charge in [-0.05, 0) is 48.4 Å². The normalized spacial score (nSPS) is 10.7. The molecule has 0 aliphatic heterocycles. The molecule has 180 valence electrons. The highest BCUT2D eigenvalue weighted by Crippen LogP contribution is 2.32. The van der Waals surface area contributed by atoms with E-state index in [9.17, 15) is 10.1 Å². The summed E-state index contributed by atoms with van der Waals surface area (Å²) in [6.45, 7) is 4.75. The van der Waals surface area contributed by atoms with Crippen molar-refractivity contribution in [2.75, 3.05) is 6.54 Å². The smallest absolute Gasteiger partial charge is 0.304 e. The van der Waals surface area contributed by atoms with Crippen molar-refractivity contribution in [3.05, 3.63) is 65.7 Å². The summed E-state index contributed by atoms with van der Waals surface area (Å²) in [5.41, 5.74) is 2.90. The number of fused-ring (bicyclic) bond motifs is 1. The summed E-state index contributed by atoms with van der Waals surface area (Å²) in [5.74, 6) is 0.438. The maximum atomic E-state index is 10.7. The minimum absolute atomic E-state index is 0. The van der Waals surface area contributed by atoms with Crippen molar-refractivity contribution in [2.24, 2.45) is 0 Å². The number of hydrogen-bond acceptors (Lipinski definition) is 7. The van der Waals surface area contributed by atoms with E-state index in [0.717, 1.165) is 21.9 Å². The lowest BCUT2D eigenvalue weighted by Crippen LogP contribution is -2.17. The van der Waals surface area contributed by atoms with Gasteiger partial charge in [0.15, 0.2) is 0 Å². The predicted molar refractivity (Wildman–Crippen MR) is 134 cm³/mol. The molecule has 0 spiro atoms. The third-order valence-electron chi connectivity index (χ3n) is 5.22. The second-order valence-electron chi connectivity index (χ2n) is 8.05. The van der Waals surface area contributed by atoms with Crippen molar-refractivity contribution < 1.29 is 19.2 Å². The van der Waals surface area contributed by atoms with Crippen molar-refractivity contribution in [2.45, 2.75) is 32.9 Å². The highest BCUT2D eigenvalue weighted by molar-refractivity contribution is 5.97. The Hall–Kier alpha value is -3.93. The molecule has 0 aliphatic carbocycles. The van der Waals surface area contributed by atoms with Crippen LogP contribution in [0.25, 0.3) is 33.6 Å². The number of nitriles is 1. The van der Waals surface area contributed by atoms with Crippen LogP contribution in [0.4, 0.5) is 0 Å². The lowest BCUT2D eigenvalue weighted by atomic mass is 9.99. The van der Waals surface area contributed by atoms with Gasteiger partial charge in [-0.15, -0.1) is 12.4 Å². The van der Waals surface area contributed by atoms with Gasteiger partial charge in [-0.1, -0.05) is 41.6 Å². The summed E-state index contributed by atoms with van der Waals surface area (Å²) in [4.78, 5) is 15.3. The lowest BCUT2D eigenvalue weighted by Gasteiger charge is -2.11. The molecule has 0 saturated heterocycles. The molecule has 0 atom stereocenters. The molecule has 3 aromatic carbocycles. The zero-order valence-corrected chi connectivity index (χ0v) is 20.1. The van der Waals surface area contributed by atoms with Crippen LogP contribution in [0.15, 0.2) is 59.1 Å². The van der Waals surface area contributed by atoms with Gasteiger partial charge in [-0.25, -0.2) is 0 Å². The summed E-state index contributed by atoms with van der Waals surface area (Å²) < 4.78 is 11.2. The first-order chi connectivity index (χ1) is 16.5. The Kier molecular flexibility index (Phi) is 8.42. The van der Waals surface area contributed by atoms with E-state index < -0.39 is 5.97 Å². The zero-order chi connectivity index (χ0) is 24.1. The number of carbonyl (C=O) groups is 1. The fraction of sp³-hybridized carbons (Fsp3) is 0.231. The number of aromatic nitrogens is 2. The van der Waals surface area contributed by atoms with Crippen LogP contribution in [0.1, 0.15) is 31.4 Å². The molecule has 8 nitrogen and oxygen atoms in total. The molecule has 9 heteroatoms. The number of aliphatic carboxylic acids is 1. The third-order valence-corrected chi connectivity index (χ3v) is 5.22. The van der Waals surface area contributed by atoms with Gasteiger partial charge in [0, 0.05) is 24.2 Å². The molecule has 4 aromatic rings. The summed E-state index contributed by atoms with van der Waals surface area (Å²) in [6, 6.07) is 19.2. The van der Waals surface area contributed by atoms with Crippen LogP contribution in [0.2, 0.25) is 0 Å². The number of benzene rings is 3. The van der Waals surface area contributed by atoms with E-state index in [1.165, 1.54) is 0 Å². The van der Waals surface area contributed by atoms with Crippen LogP contribution in [0, 0.1) is 11.3 Å². The van der Waals surface area contributed by atoms with Gasteiger partial charge in [0.2, 0.25) is 5.82 Å². The van der Waals surface area contributed by atoms with E-state index in [-0.39, 0.29) is 24.9 Å². The average Bonchev–Trinajstić information content (AvgIpc) is 3.31. The molecule has 4 rings (SSSR count). The van der Waals surface area contributed by atoms with Crippen LogP contribution in [0.5, 0.6) is 5.75 Å². The van der Waals surface area contributed by atoms with Crippen LogP contribution >= 0.6 is 12.4 Å². The number of ether oxygens (including phenoxy) is 1. The first-order valence-electron chi connectivity index (χ1n) is 10.9. The Morgan fingerprint density at radius 3 is 2.66 bits per heavy atom. The molecule has 0 saturated carbocycles. The molecule has 0 bridgehead atoms. The zero-order valence-electron chi connectivity index (χ0n) is 19.3. The molecule has 2 N–H and O–H groups in total. The van der Waals surface area contributed by atoms with E-state index in [1.54, 1.807) is 18.2 Å². The number of carboxylic acid groups (broad SMARTS) is 1. The van der Waals surface area contributed by atoms with E-state index >= 15 is 0 Å². The first-order valence-corrected chi connectivity index (χ1v) is 10.9. The molecule has 1 aromatic heterocycles. The maximum Gasteiger partial charge on any atom is 0.304 e. The number of nitrogens with zero attached hydrogens (tertiary/aromatic N) is 3. The minimum atomic E-state index is -0.829. The van der Waals surface area contributed by atoms with Crippen molar-refractivity contribution >= 4 is 29.1 Å².